The van der Waals surface area contributed by atoms with Crippen molar-refractivity contribution in [3.8, 4) is 0 Å². The molecule has 0 radical (unpaired) electrons. The minimum Gasteiger partial charge on any atom is -0.481 e. The number of aliphatic carboxylic acids is 1. The lowest BCUT2D eigenvalue weighted by Gasteiger charge is -2.27. The highest BCUT2D eigenvalue weighted by Gasteiger charge is 2.20. The monoisotopic (exact) mass is 171 g/mol. The number of nitrogens with two attached hydrogens (primary N) is 1. The maximum atomic E-state index is 10.2. The van der Waals surface area contributed by atoms with Gasteiger partial charge in [0, 0.05) is 12.5 Å². The summed E-state index contributed by atoms with van der Waals surface area (Å²) in [6.07, 6.45) is 5.78. The lowest BCUT2D eigenvalue weighted by atomic mass is 9.80. The molecule has 0 aliphatic heterocycles. The molecule has 70 valence electrons. The van der Waals surface area contributed by atoms with Gasteiger partial charge < -0.3 is 10.8 Å². The van der Waals surface area contributed by atoms with Crippen LogP contribution < -0.4 is 5.73 Å². The lowest BCUT2D eigenvalue weighted by molar-refractivity contribution is -0.137. The highest BCUT2D eigenvalue weighted by Crippen LogP contribution is 2.30. The van der Waals surface area contributed by atoms with Gasteiger partial charge in [0.15, 0.2) is 0 Å². The van der Waals surface area contributed by atoms with E-state index in [1.165, 1.54) is 19.3 Å². The molecule has 0 heterocycles. The summed E-state index contributed by atoms with van der Waals surface area (Å²) >= 11 is 0. The van der Waals surface area contributed by atoms with Crippen LogP contribution in [-0.4, -0.2) is 17.1 Å². The van der Waals surface area contributed by atoms with E-state index in [-0.39, 0.29) is 12.5 Å². The third-order valence-corrected chi connectivity index (χ3v) is 2.59. The van der Waals surface area contributed by atoms with Crippen LogP contribution in [0.1, 0.15) is 38.5 Å². The largest absolute Gasteiger partial charge is 0.481 e. The molecule has 0 spiro atoms. The molecule has 1 rings (SSSR count). The molecule has 0 saturated heterocycles. The maximum Gasteiger partial charge on any atom is 0.303 e. The number of hydrogen-bond donors (Lipinski definition) is 2. The average Bonchev–Trinajstić information content (AvgIpc) is 1.93. The van der Waals surface area contributed by atoms with Crippen molar-refractivity contribution >= 4 is 5.97 Å². The summed E-state index contributed by atoms with van der Waals surface area (Å²) in [4.78, 5) is 10.2. The Morgan fingerprint density at radius 2 is 2.25 bits per heavy atom. The van der Waals surface area contributed by atoms with Crippen LogP contribution >= 0.6 is 0 Å². The first-order valence-corrected chi connectivity index (χ1v) is 4.66. The zero-order valence-corrected chi connectivity index (χ0v) is 7.33. The summed E-state index contributed by atoms with van der Waals surface area (Å²) in [5.74, 6) is 0.0489. The van der Waals surface area contributed by atoms with Crippen molar-refractivity contribution in [1.29, 1.82) is 0 Å². The number of carboxylic acids is 1. The second-order valence-corrected chi connectivity index (χ2v) is 3.73. The van der Waals surface area contributed by atoms with E-state index in [4.69, 9.17) is 10.8 Å². The van der Waals surface area contributed by atoms with Crippen molar-refractivity contribution in [1.82, 2.24) is 0 Å². The van der Waals surface area contributed by atoms with E-state index in [9.17, 15) is 4.79 Å². The van der Waals surface area contributed by atoms with E-state index in [1.807, 2.05) is 0 Å². The summed E-state index contributed by atoms with van der Waals surface area (Å²) in [6.45, 7) is 0. The minimum atomic E-state index is -0.737. The molecule has 12 heavy (non-hydrogen) atoms. The molecule has 1 aliphatic carbocycles. The summed E-state index contributed by atoms with van der Waals surface area (Å²) in [7, 11) is 0. The first-order chi connectivity index (χ1) is 5.68. The third-order valence-electron chi connectivity index (χ3n) is 2.59. The van der Waals surface area contributed by atoms with Gasteiger partial charge in [-0.2, -0.15) is 0 Å². The molecule has 0 bridgehead atoms. The Morgan fingerprint density at radius 1 is 1.58 bits per heavy atom. The summed E-state index contributed by atoms with van der Waals surface area (Å²) in [5.41, 5.74) is 5.77. The standard InChI is InChI=1S/C9H17NO2/c10-8(4-5-9(11)12)6-7-2-1-3-7/h7-8H,1-6,10H2,(H,11,12)/t8-/m1/s1. The molecule has 0 aromatic heterocycles. The van der Waals surface area contributed by atoms with Crippen LogP contribution in [0.3, 0.4) is 0 Å². The molecule has 3 nitrogen and oxygen atoms in total. The van der Waals surface area contributed by atoms with Crippen molar-refractivity contribution in [2.75, 3.05) is 0 Å². The van der Waals surface area contributed by atoms with E-state index >= 15 is 0 Å². The van der Waals surface area contributed by atoms with Crippen LogP contribution in [0, 0.1) is 5.92 Å². The lowest BCUT2D eigenvalue weighted by Crippen LogP contribution is -2.27. The van der Waals surface area contributed by atoms with E-state index in [1.54, 1.807) is 0 Å². The quantitative estimate of drug-likeness (QED) is 0.656. The fraction of sp³-hybridized carbons (Fsp3) is 0.889. The first kappa shape index (κ1) is 9.52. The van der Waals surface area contributed by atoms with Crippen molar-refractivity contribution in [2.24, 2.45) is 11.7 Å². The predicted octanol–water partition coefficient (Wildman–Crippen LogP) is 1.37. The van der Waals surface area contributed by atoms with Gasteiger partial charge in [0.05, 0.1) is 0 Å². The van der Waals surface area contributed by atoms with Gasteiger partial charge in [0.2, 0.25) is 0 Å². The second-order valence-electron chi connectivity index (χ2n) is 3.73. The number of rotatable bonds is 5. The van der Waals surface area contributed by atoms with Gasteiger partial charge in [0.25, 0.3) is 0 Å². The fourth-order valence-electron chi connectivity index (χ4n) is 1.58. The molecule has 0 aromatic rings. The predicted molar refractivity (Wildman–Crippen MR) is 46.8 cm³/mol. The summed E-state index contributed by atoms with van der Waals surface area (Å²) in [5, 5.41) is 8.41. The highest BCUT2D eigenvalue weighted by atomic mass is 16.4. The van der Waals surface area contributed by atoms with Gasteiger partial charge in [-0.25, -0.2) is 0 Å². The van der Waals surface area contributed by atoms with Gasteiger partial charge in [0.1, 0.15) is 0 Å². The van der Waals surface area contributed by atoms with Crippen molar-refractivity contribution in [2.45, 2.75) is 44.6 Å². The van der Waals surface area contributed by atoms with Crippen LogP contribution in [0.25, 0.3) is 0 Å². The Kier molecular flexibility index (Phi) is 3.53. The number of carboxylic acid groups (broad SMARTS) is 1. The summed E-state index contributed by atoms with van der Waals surface area (Å²) < 4.78 is 0. The third kappa shape index (κ3) is 3.22. The van der Waals surface area contributed by atoms with Gasteiger partial charge in [-0.15, -0.1) is 0 Å². The van der Waals surface area contributed by atoms with Crippen LogP contribution in [0.5, 0.6) is 0 Å². The first-order valence-electron chi connectivity index (χ1n) is 4.66. The molecule has 1 fully saturated rings. The number of carbonyl (C=O) groups is 1. The zero-order valence-electron chi connectivity index (χ0n) is 7.33. The van der Waals surface area contributed by atoms with Gasteiger partial charge >= 0.3 is 5.97 Å². The van der Waals surface area contributed by atoms with Crippen LogP contribution in [0.15, 0.2) is 0 Å². The smallest absolute Gasteiger partial charge is 0.303 e. The SMILES string of the molecule is N[C@H](CCC(=O)O)CC1CCC1. The van der Waals surface area contributed by atoms with Crippen LogP contribution in [0.4, 0.5) is 0 Å². The Balaban J connectivity index is 2.02. The van der Waals surface area contributed by atoms with Gasteiger partial charge in [-0.05, 0) is 18.8 Å². The van der Waals surface area contributed by atoms with Crippen molar-refractivity contribution in [3.63, 3.8) is 0 Å². The molecule has 1 aliphatic rings. The molecule has 0 aromatic carbocycles. The Bertz CT molecular complexity index is 155. The van der Waals surface area contributed by atoms with E-state index in [0.717, 1.165) is 12.3 Å². The zero-order chi connectivity index (χ0) is 8.97. The molecule has 1 saturated carbocycles. The van der Waals surface area contributed by atoms with E-state index in [2.05, 4.69) is 0 Å². The van der Waals surface area contributed by atoms with E-state index in [0.29, 0.717) is 6.42 Å². The molecule has 0 unspecified atom stereocenters. The van der Waals surface area contributed by atoms with Crippen molar-refractivity contribution < 1.29 is 9.90 Å². The Morgan fingerprint density at radius 3 is 2.67 bits per heavy atom. The molecular formula is C9H17NO2. The Labute approximate surface area is 72.9 Å². The fourth-order valence-corrected chi connectivity index (χ4v) is 1.58. The molecule has 0 amide bonds. The Hall–Kier alpha value is -0.570. The molecular weight excluding hydrogens is 154 g/mol. The van der Waals surface area contributed by atoms with Gasteiger partial charge in [-0.3, -0.25) is 4.79 Å². The topological polar surface area (TPSA) is 63.3 Å². The number of hydrogen-bond acceptors (Lipinski definition) is 2. The molecule has 3 heteroatoms. The molecule has 3 N–H and O–H groups in total. The van der Waals surface area contributed by atoms with Crippen LogP contribution in [-0.2, 0) is 4.79 Å². The average molecular weight is 171 g/mol. The van der Waals surface area contributed by atoms with Crippen molar-refractivity contribution in [3.05, 3.63) is 0 Å². The van der Waals surface area contributed by atoms with E-state index < -0.39 is 5.97 Å². The normalized spacial score (nSPS) is 20.1. The minimum absolute atomic E-state index is 0.103. The molecule has 1 atom stereocenters. The maximum absolute atomic E-state index is 10.2. The second kappa shape index (κ2) is 4.45. The highest BCUT2D eigenvalue weighted by molar-refractivity contribution is 5.66. The summed E-state index contributed by atoms with van der Waals surface area (Å²) in [6, 6.07) is 0.103. The van der Waals surface area contributed by atoms with Crippen LogP contribution in [0.2, 0.25) is 0 Å². The van der Waals surface area contributed by atoms with Gasteiger partial charge in [-0.1, -0.05) is 19.3 Å².